The summed E-state index contributed by atoms with van der Waals surface area (Å²) in [5.74, 6) is -0.798. The van der Waals surface area contributed by atoms with E-state index >= 15 is 0 Å². The molecule has 0 aliphatic carbocycles. The van der Waals surface area contributed by atoms with Gasteiger partial charge < -0.3 is 10.2 Å². The fraction of sp³-hybridized carbons (Fsp3) is 0.533. The summed E-state index contributed by atoms with van der Waals surface area (Å²) in [6, 6.07) is 6.60. The monoisotopic (exact) mass is 388 g/mol. The van der Waals surface area contributed by atoms with Crippen molar-refractivity contribution in [3.63, 3.8) is 0 Å². The van der Waals surface area contributed by atoms with Gasteiger partial charge in [0.25, 0.3) is 0 Å². The van der Waals surface area contributed by atoms with Gasteiger partial charge in [0, 0.05) is 36.1 Å². The molecular weight excluding hydrogens is 368 g/mol. The number of rotatable bonds is 4. The first-order valence-electron chi connectivity index (χ1n) is 7.31. The molecule has 1 aromatic carbocycles. The fourth-order valence-electron chi connectivity index (χ4n) is 2.59. The number of nitrogens with one attached hydrogen (secondary N) is 1. The van der Waals surface area contributed by atoms with Gasteiger partial charge in [-0.2, -0.15) is 0 Å². The molecule has 1 saturated heterocycles. The Kier molecular flexibility index (Phi) is 5.63. The Balaban J connectivity index is 2.08. The Hall–Kier alpha value is -0.920. The zero-order valence-corrected chi connectivity index (χ0v) is 15.2. The number of hydrogen-bond acceptors (Lipinski definition) is 4. The van der Waals surface area contributed by atoms with E-state index in [0.29, 0.717) is 6.54 Å². The van der Waals surface area contributed by atoms with E-state index in [0.717, 1.165) is 17.6 Å². The number of carbonyl (C=O) groups excluding carboxylic acids is 1. The number of amides is 1. The van der Waals surface area contributed by atoms with Gasteiger partial charge in [0.1, 0.15) is 0 Å². The van der Waals surface area contributed by atoms with Crippen molar-refractivity contribution in [1.29, 1.82) is 0 Å². The summed E-state index contributed by atoms with van der Waals surface area (Å²) in [6.45, 7) is 5.79. The third kappa shape index (κ3) is 4.08. The van der Waals surface area contributed by atoms with Crippen LogP contribution in [0.1, 0.15) is 13.8 Å². The normalized spacial score (nSPS) is 20.7. The number of piperazine rings is 1. The molecule has 2 atom stereocenters. The second-order valence-corrected chi connectivity index (χ2v) is 8.67. The molecule has 22 heavy (non-hydrogen) atoms. The number of nitrogens with zero attached hydrogens (tertiary/aromatic N) is 1. The molecular formula is C15H21BrN2O3S. The zero-order valence-electron chi connectivity index (χ0n) is 12.8. The van der Waals surface area contributed by atoms with Gasteiger partial charge >= 0.3 is 0 Å². The minimum Gasteiger partial charge on any atom is -0.337 e. The number of halogens is 1. The van der Waals surface area contributed by atoms with Crippen LogP contribution >= 0.6 is 15.9 Å². The number of hydrogen-bond donors (Lipinski definition) is 1. The molecule has 1 N–H and O–H groups in total. The van der Waals surface area contributed by atoms with Crippen LogP contribution in [0.15, 0.2) is 33.6 Å². The molecule has 0 radical (unpaired) electrons. The van der Waals surface area contributed by atoms with Crippen molar-refractivity contribution in [3.8, 4) is 0 Å². The van der Waals surface area contributed by atoms with Crippen LogP contribution in [0.2, 0.25) is 0 Å². The van der Waals surface area contributed by atoms with Crippen LogP contribution < -0.4 is 5.32 Å². The van der Waals surface area contributed by atoms with Crippen molar-refractivity contribution in [2.75, 3.05) is 25.4 Å². The van der Waals surface area contributed by atoms with Crippen LogP contribution in [0.25, 0.3) is 0 Å². The van der Waals surface area contributed by atoms with Crippen molar-refractivity contribution < 1.29 is 13.2 Å². The molecule has 7 heteroatoms. The molecule has 1 aliphatic rings. The van der Waals surface area contributed by atoms with Gasteiger partial charge in [-0.3, -0.25) is 4.79 Å². The predicted octanol–water partition coefficient (Wildman–Crippen LogP) is 1.68. The SMILES string of the molecule is CC(CS(=O)(=O)c1ccc(Br)cc1)C(=O)N1CCNC[C@@H]1C. The molecule has 0 saturated carbocycles. The van der Waals surface area contributed by atoms with Crippen molar-refractivity contribution >= 4 is 31.7 Å². The first-order valence-corrected chi connectivity index (χ1v) is 9.75. The molecule has 1 aliphatic heterocycles. The topological polar surface area (TPSA) is 66.5 Å². The lowest BCUT2D eigenvalue weighted by molar-refractivity contribution is -0.137. The standard InChI is InChI=1S/C15H21BrN2O3S/c1-11(15(19)18-8-7-17-9-12(18)2)10-22(20,21)14-5-3-13(16)4-6-14/h3-6,11-12,17H,7-10H2,1-2H3/t11?,12-/m0/s1. The summed E-state index contributed by atoms with van der Waals surface area (Å²) in [5, 5.41) is 3.22. The maximum atomic E-state index is 12.5. The Morgan fingerprint density at radius 3 is 2.64 bits per heavy atom. The Bertz CT molecular complexity index is 631. The zero-order chi connectivity index (χ0) is 16.3. The Morgan fingerprint density at radius 2 is 2.05 bits per heavy atom. The molecule has 5 nitrogen and oxygen atoms in total. The largest absolute Gasteiger partial charge is 0.337 e. The number of sulfone groups is 1. The molecule has 1 amide bonds. The summed E-state index contributed by atoms with van der Waals surface area (Å²) in [4.78, 5) is 14.5. The summed E-state index contributed by atoms with van der Waals surface area (Å²) in [5.41, 5.74) is 0. The van der Waals surface area contributed by atoms with Crippen LogP contribution in [-0.2, 0) is 14.6 Å². The van der Waals surface area contributed by atoms with E-state index in [1.165, 1.54) is 0 Å². The van der Waals surface area contributed by atoms with E-state index in [4.69, 9.17) is 0 Å². The van der Waals surface area contributed by atoms with Gasteiger partial charge in [0.2, 0.25) is 5.91 Å². The highest BCUT2D eigenvalue weighted by atomic mass is 79.9. The van der Waals surface area contributed by atoms with Crippen LogP contribution in [0, 0.1) is 5.92 Å². The van der Waals surface area contributed by atoms with Gasteiger partial charge in [-0.05, 0) is 31.2 Å². The van der Waals surface area contributed by atoms with Crippen molar-refractivity contribution in [1.82, 2.24) is 10.2 Å². The maximum absolute atomic E-state index is 12.5. The van der Waals surface area contributed by atoms with Crippen LogP contribution in [0.4, 0.5) is 0 Å². The third-order valence-corrected chi connectivity index (χ3v) is 6.31. The van der Waals surface area contributed by atoms with Gasteiger partial charge in [-0.25, -0.2) is 8.42 Å². The molecule has 0 spiro atoms. The number of carbonyl (C=O) groups is 1. The molecule has 0 aromatic heterocycles. The molecule has 122 valence electrons. The summed E-state index contributed by atoms with van der Waals surface area (Å²) < 4.78 is 25.7. The van der Waals surface area contributed by atoms with Crippen molar-refractivity contribution in [2.45, 2.75) is 24.8 Å². The minimum absolute atomic E-state index is 0.0883. The van der Waals surface area contributed by atoms with Crippen LogP contribution in [0.5, 0.6) is 0 Å². The van der Waals surface area contributed by atoms with E-state index in [-0.39, 0.29) is 22.6 Å². The molecule has 1 aromatic rings. The second-order valence-electron chi connectivity index (χ2n) is 5.72. The van der Waals surface area contributed by atoms with Crippen LogP contribution in [0.3, 0.4) is 0 Å². The van der Waals surface area contributed by atoms with Crippen molar-refractivity contribution in [3.05, 3.63) is 28.7 Å². The van der Waals surface area contributed by atoms with Gasteiger partial charge in [-0.15, -0.1) is 0 Å². The first kappa shape index (κ1) is 17.4. The van der Waals surface area contributed by atoms with E-state index in [1.807, 2.05) is 6.92 Å². The van der Waals surface area contributed by atoms with Crippen LogP contribution in [-0.4, -0.2) is 50.7 Å². The molecule has 1 unspecified atom stereocenters. The van der Waals surface area contributed by atoms with E-state index in [1.54, 1.807) is 36.1 Å². The van der Waals surface area contributed by atoms with Gasteiger partial charge in [0.05, 0.1) is 10.6 Å². The number of benzene rings is 1. The third-order valence-electron chi connectivity index (χ3n) is 3.85. The fourth-order valence-corrected chi connectivity index (χ4v) is 4.40. The Morgan fingerprint density at radius 1 is 1.41 bits per heavy atom. The predicted molar refractivity (Wildman–Crippen MR) is 89.4 cm³/mol. The average molecular weight is 389 g/mol. The lowest BCUT2D eigenvalue weighted by atomic mass is 10.1. The summed E-state index contributed by atoms with van der Waals surface area (Å²) >= 11 is 3.28. The van der Waals surface area contributed by atoms with Gasteiger partial charge in [0.15, 0.2) is 9.84 Å². The van der Waals surface area contributed by atoms with E-state index in [9.17, 15) is 13.2 Å². The summed E-state index contributed by atoms with van der Waals surface area (Å²) in [7, 11) is -3.46. The Labute approximate surface area is 140 Å². The molecule has 0 bridgehead atoms. The highest BCUT2D eigenvalue weighted by Crippen LogP contribution is 2.19. The average Bonchev–Trinajstić information content (AvgIpc) is 2.47. The highest BCUT2D eigenvalue weighted by Gasteiger charge is 2.30. The highest BCUT2D eigenvalue weighted by molar-refractivity contribution is 9.10. The van der Waals surface area contributed by atoms with Crippen molar-refractivity contribution in [2.24, 2.45) is 5.92 Å². The van der Waals surface area contributed by atoms with Gasteiger partial charge in [-0.1, -0.05) is 22.9 Å². The molecule has 1 heterocycles. The van der Waals surface area contributed by atoms with E-state index in [2.05, 4.69) is 21.2 Å². The summed E-state index contributed by atoms with van der Waals surface area (Å²) in [6.07, 6.45) is 0. The first-order chi connectivity index (χ1) is 10.3. The minimum atomic E-state index is -3.46. The molecule has 2 rings (SSSR count). The lowest BCUT2D eigenvalue weighted by Gasteiger charge is -2.35. The second kappa shape index (κ2) is 7.10. The quantitative estimate of drug-likeness (QED) is 0.851. The van der Waals surface area contributed by atoms with E-state index < -0.39 is 15.8 Å². The smallest absolute Gasteiger partial charge is 0.226 e. The molecule has 1 fully saturated rings. The maximum Gasteiger partial charge on any atom is 0.226 e. The lowest BCUT2D eigenvalue weighted by Crippen LogP contribution is -2.54.